The highest BCUT2D eigenvalue weighted by Gasteiger charge is 2.26. The molecule has 2 N–H and O–H groups in total. The maximum atomic E-state index is 14.5. The molecular weight excluding hydrogens is 389 g/mol. The third kappa shape index (κ3) is 4.19. The topological polar surface area (TPSA) is 110 Å². The number of pyridine rings is 2. The molecule has 3 aromatic heterocycles. The van der Waals surface area contributed by atoms with Crippen molar-refractivity contribution in [3.05, 3.63) is 65.1 Å². The van der Waals surface area contributed by atoms with Crippen molar-refractivity contribution in [2.75, 3.05) is 5.32 Å². The van der Waals surface area contributed by atoms with Crippen LogP contribution in [0.2, 0.25) is 0 Å². The lowest BCUT2D eigenvalue weighted by atomic mass is 9.86. The van der Waals surface area contributed by atoms with E-state index in [1.807, 2.05) is 0 Å². The summed E-state index contributed by atoms with van der Waals surface area (Å²) in [4.78, 5) is 35.7. The molecule has 3 aromatic rings. The predicted molar refractivity (Wildman–Crippen MR) is 108 cm³/mol. The molecule has 154 valence electrons. The van der Waals surface area contributed by atoms with Crippen LogP contribution < -0.4 is 10.9 Å². The van der Waals surface area contributed by atoms with Gasteiger partial charge in [0.15, 0.2) is 5.82 Å². The van der Waals surface area contributed by atoms with Crippen molar-refractivity contribution in [2.45, 2.75) is 31.7 Å². The van der Waals surface area contributed by atoms with Gasteiger partial charge in [0.25, 0.3) is 5.56 Å². The van der Waals surface area contributed by atoms with Gasteiger partial charge < -0.3 is 10.4 Å². The zero-order valence-corrected chi connectivity index (χ0v) is 16.0. The second kappa shape index (κ2) is 8.40. The largest absolute Gasteiger partial charge is 0.481 e. The van der Waals surface area contributed by atoms with E-state index in [1.165, 1.54) is 16.8 Å². The molecule has 0 spiro atoms. The highest BCUT2D eigenvalue weighted by molar-refractivity contribution is 5.70. The first-order valence-electron chi connectivity index (χ1n) is 9.67. The van der Waals surface area contributed by atoms with Gasteiger partial charge in [0.1, 0.15) is 11.5 Å². The fraction of sp³-hybridized carbons (Fsp3) is 0.286. The number of nitrogens with zero attached hydrogens (tertiary/aromatic N) is 4. The van der Waals surface area contributed by atoms with E-state index in [0.717, 1.165) is 6.20 Å². The van der Waals surface area contributed by atoms with E-state index < -0.39 is 11.8 Å². The molecule has 8 nitrogen and oxygen atoms in total. The normalized spacial score (nSPS) is 18.7. The molecule has 0 radical (unpaired) electrons. The monoisotopic (exact) mass is 409 g/mol. The number of carboxylic acids is 1. The summed E-state index contributed by atoms with van der Waals surface area (Å²) in [6.45, 7) is 0. The molecule has 1 fully saturated rings. The Kier molecular flexibility index (Phi) is 5.51. The Hall–Kier alpha value is -3.62. The van der Waals surface area contributed by atoms with Gasteiger partial charge in [0.2, 0.25) is 5.95 Å². The number of carboxylic acid groups (broad SMARTS) is 1. The van der Waals surface area contributed by atoms with Crippen molar-refractivity contribution in [1.29, 1.82) is 0 Å². The van der Waals surface area contributed by atoms with Crippen LogP contribution in [0.25, 0.3) is 17.1 Å². The smallest absolute Gasteiger partial charge is 0.306 e. The average Bonchev–Trinajstić information content (AvgIpc) is 2.76. The van der Waals surface area contributed by atoms with Gasteiger partial charge in [-0.05, 0) is 43.9 Å². The number of hydrogen-bond donors (Lipinski definition) is 2. The number of aliphatic carboxylic acids is 1. The molecule has 0 saturated heterocycles. The van der Waals surface area contributed by atoms with Crippen LogP contribution in [0, 0.1) is 11.7 Å². The summed E-state index contributed by atoms with van der Waals surface area (Å²) in [5.74, 6) is -1.03. The van der Waals surface area contributed by atoms with Gasteiger partial charge in [-0.15, -0.1) is 0 Å². The second-order valence-corrected chi connectivity index (χ2v) is 7.23. The average molecular weight is 409 g/mol. The number of carbonyl (C=O) groups is 1. The molecule has 4 rings (SSSR count). The van der Waals surface area contributed by atoms with Crippen LogP contribution in [-0.2, 0) is 4.79 Å². The maximum Gasteiger partial charge on any atom is 0.306 e. The zero-order valence-electron chi connectivity index (χ0n) is 16.0. The lowest BCUT2D eigenvalue weighted by molar-refractivity contribution is -0.142. The predicted octanol–water partition coefficient (Wildman–Crippen LogP) is 2.88. The minimum absolute atomic E-state index is 0.0369. The van der Waals surface area contributed by atoms with Gasteiger partial charge in [-0.3, -0.25) is 14.2 Å². The van der Waals surface area contributed by atoms with Gasteiger partial charge in [-0.1, -0.05) is 6.07 Å². The Balaban J connectivity index is 1.57. The van der Waals surface area contributed by atoms with Crippen molar-refractivity contribution >= 4 is 11.9 Å². The van der Waals surface area contributed by atoms with Gasteiger partial charge in [-0.2, -0.15) is 0 Å². The Labute approximate surface area is 171 Å². The molecule has 1 saturated carbocycles. The lowest BCUT2D eigenvalue weighted by Gasteiger charge is -2.26. The van der Waals surface area contributed by atoms with Crippen molar-refractivity contribution in [3.8, 4) is 17.1 Å². The fourth-order valence-electron chi connectivity index (χ4n) is 3.62. The number of rotatable bonds is 5. The summed E-state index contributed by atoms with van der Waals surface area (Å²) in [6, 6.07) is 8.01. The number of aromatic nitrogens is 4. The van der Waals surface area contributed by atoms with Crippen LogP contribution in [0.4, 0.5) is 10.3 Å². The SMILES string of the molecule is O=c1ccccn1-c1cc(-c2nc(N[C@H]3CC[C@H](C(=O)O)CC3)ncc2F)ccn1. The van der Waals surface area contributed by atoms with Gasteiger partial charge in [0.05, 0.1) is 12.1 Å². The first-order valence-corrected chi connectivity index (χ1v) is 9.67. The third-order valence-corrected chi connectivity index (χ3v) is 5.24. The van der Waals surface area contributed by atoms with E-state index in [4.69, 9.17) is 5.11 Å². The molecule has 9 heteroatoms. The van der Waals surface area contributed by atoms with E-state index in [2.05, 4.69) is 20.3 Å². The van der Waals surface area contributed by atoms with Crippen LogP contribution in [0.5, 0.6) is 0 Å². The number of anilines is 1. The van der Waals surface area contributed by atoms with Crippen LogP contribution >= 0.6 is 0 Å². The van der Waals surface area contributed by atoms with Crippen LogP contribution in [-0.4, -0.2) is 36.6 Å². The minimum Gasteiger partial charge on any atom is -0.481 e. The Morgan fingerprint density at radius 1 is 1.17 bits per heavy atom. The highest BCUT2D eigenvalue weighted by atomic mass is 19.1. The van der Waals surface area contributed by atoms with E-state index in [9.17, 15) is 14.0 Å². The Morgan fingerprint density at radius 2 is 1.97 bits per heavy atom. The number of hydrogen-bond acceptors (Lipinski definition) is 6. The number of halogens is 1. The van der Waals surface area contributed by atoms with Crippen LogP contribution in [0.3, 0.4) is 0 Å². The molecule has 0 aliphatic heterocycles. The first-order chi connectivity index (χ1) is 14.5. The van der Waals surface area contributed by atoms with E-state index >= 15 is 0 Å². The minimum atomic E-state index is -0.764. The summed E-state index contributed by atoms with van der Waals surface area (Å²) in [5.41, 5.74) is 0.317. The van der Waals surface area contributed by atoms with Crippen molar-refractivity contribution in [2.24, 2.45) is 5.92 Å². The summed E-state index contributed by atoms with van der Waals surface area (Å²) < 4.78 is 15.8. The zero-order chi connectivity index (χ0) is 21.1. The van der Waals surface area contributed by atoms with Crippen molar-refractivity contribution < 1.29 is 14.3 Å². The molecule has 0 unspecified atom stereocenters. The summed E-state index contributed by atoms with van der Waals surface area (Å²) in [5, 5.41) is 12.3. The quantitative estimate of drug-likeness (QED) is 0.667. The van der Waals surface area contributed by atoms with E-state index in [1.54, 1.807) is 30.5 Å². The number of nitrogens with one attached hydrogen (secondary N) is 1. The van der Waals surface area contributed by atoms with Gasteiger partial charge in [0, 0.05) is 30.1 Å². The standard InChI is InChI=1S/C21H20FN5O3/c22-16-12-24-21(25-15-6-4-13(5-7-15)20(29)30)26-19(16)14-8-9-23-17(11-14)27-10-2-1-3-18(27)28/h1-3,8-13,15H,4-7H2,(H,29,30)(H,24,25,26)/t13-,15-. The van der Waals surface area contributed by atoms with Crippen LogP contribution in [0.15, 0.2) is 53.7 Å². The Bertz CT molecular complexity index is 1130. The summed E-state index contributed by atoms with van der Waals surface area (Å²) in [7, 11) is 0. The van der Waals surface area contributed by atoms with Gasteiger partial charge >= 0.3 is 5.97 Å². The molecule has 0 aromatic carbocycles. The summed E-state index contributed by atoms with van der Waals surface area (Å²) >= 11 is 0. The van der Waals surface area contributed by atoms with E-state index in [0.29, 0.717) is 37.1 Å². The lowest BCUT2D eigenvalue weighted by Crippen LogP contribution is -2.29. The molecule has 30 heavy (non-hydrogen) atoms. The summed E-state index contributed by atoms with van der Waals surface area (Å²) in [6.07, 6.45) is 6.72. The van der Waals surface area contributed by atoms with E-state index in [-0.39, 0.29) is 29.2 Å². The molecule has 1 aliphatic carbocycles. The highest BCUT2D eigenvalue weighted by Crippen LogP contribution is 2.27. The molecule has 0 amide bonds. The Morgan fingerprint density at radius 3 is 2.70 bits per heavy atom. The third-order valence-electron chi connectivity index (χ3n) is 5.24. The second-order valence-electron chi connectivity index (χ2n) is 7.23. The van der Waals surface area contributed by atoms with Crippen molar-refractivity contribution in [1.82, 2.24) is 19.5 Å². The molecule has 1 aliphatic rings. The molecule has 0 atom stereocenters. The van der Waals surface area contributed by atoms with Crippen molar-refractivity contribution in [3.63, 3.8) is 0 Å². The van der Waals surface area contributed by atoms with Crippen LogP contribution in [0.1, 0.15) is 25.7 Å². The maximum absolute atomic E-state index is 14.5. The first kappa shape index (κ1) is 19.7. The molecular formula is C21H20FN5O3. The van der Waals surface area contributed by atoms with Gasteiger partial charge in [-0.25, -0.2) is 19.3 Å². The molecule has 3 heterocycles. The fourth-order valence-corrected chi connectivity index (χ4v) is 3.62. The molecule has 0 bridgehead atoms.